The Morgan fingerprint density at radius 1 is 0.767 bits per heavy atom. The standard InChI is InChI=1S/C32H44N4O7/c1-21(2)15-25(34-31(40)42-19-23-11-7-5-8-12-23)29(38)33-27-17-36(18-28(27)37)30(39)26(16-22(3)4)35-32(41)43-20-24-13-9-6-10-14-24/h5-14,21-22,25-28,37H,15-20H2,1-4H3,(H,33,38)(H,34,40)(H,35,41)/t25-,26-,27+,28+/m0/s1. The molecule has 4 atom stereocenters. The van der Waals surface area contributed by atoms with Crippen molar-refractivity contribution in [1.82, 2.24) is 20.9 Å². The Morgan fingerprint density at radius 2 is 1.23 bits per heavy atom. The van der Waals surface area contributed by atoms with Gasteiger partial charge >= 0.3 is 12.2 Å². The monoisotopic (exact) mass is 596 g/mol. The Balaban J connectivity index is 1.56. The lowest BCUT2D eigenvalue weighted by molar-refractivity contribution is -0.133. The van der Waals surface area contributed by atoms with Gasteiger partial charge in [-0.2, -0.15) is 0 Å². The number of nitrogens with zero attached hydrogens (tertiary/aromatic N) is 1. The number of carbonyl (C=O) groups excluding carboxylic acids is 4. The normalized spacial score (nSPS) is 17.7. The van der Waals surface area contributed by atoms with E-state index in [0.29, 0.717) is 12.8 Å². The van der Waals surface area contributed by atoms with Gasteiger partial charge in [0.05, 0.1) is 12.1 Å². The maximum absolute atomic E-state index is 13.4. The van der Waals surface area contributed by atoms with E-state index >= 15 is 0 Å². The van der Waals surface area contributed by atoms with Crippen LogP contribution in [0.25, 0.3) is 0 Å². The molecule has 0 unspecified atom stereocenters. The van der Waals surface area contributed by atoms with E-state index in [-0.39, 0.29) is 44.0 Å². The van der Waals surface area contributed by atoms with Crippen molar-refractivity contribution in [3.8, 4) is 0 Å². The average molecular weight is 597 g/mol. The molecule has 0 saturated carbocycles. The molecule has 0 aliphatic carbocycles. The second-order valence-corrected chi connectivity index (χ2v) is 11.7. The minimum absolute atomic E-state index is 0.0134. The van der Waals surface area contributed by atoms with Gasteiger partial charge in [0.2, 0.25) is 11.8 Å². The molecular weight excluding hydrogens is 552 g/mol. The van der Waals surface area contributed by atoms with Crippen LogP contribution in [0.2, 0.25) is 0 Å². The van der Waals surface area contributed by atoms with Crippen LogP contribution in [-0.4, -0.2) is 71.3 Å². The van der Waals surface area contributed by atoms with E-state index in [1.165, 1.54) is 4.90 Å². The number of aliphatic hydroxyl groups is 1. The minimum atomic E-state index is -1.03. The van der Waals surface area contributed by atoms with Crippen LogP contribution in [0.3, 0.4) is 0 Å². The lowest BCUT2D eigenvalue weighted by atomic mass is 10.0. The number of likely N-dealkylation sites (tertiary alicyclic amines) is 1. The van der Waals surface area contributed by atoms with Gasteiger partial charge in [-0.25, -0.2) is 9.59 Å². The van der Waals surface area contributed by atoms with Crippen LogP contribution < -0.4 is 16.0 Å². The molecule has 1 aliphatic rings. The molecule has 11 nitrogen and oxygen atoms in total. The van der Waals surface area contributed by atoms with E-state index in [1.807, 2.05) is 88.4 Å². The molecule has 0 aromatic heterocycles. The van der Waals surface area contributed by atoms with Gasteiger partial charge in [0, 0.05) is 13.1 Å². The van der Waals surface area contributed by atoms with Crippen LogP contribution in [0.1, 0.15) is 51.7 Å². The first-order chi connectivity index (χ1) is 20.5. The number of benzene rings is 2. The van der Waals surface area contributed by atoms with Gasteiger partial charge in [-0.3, -0.25) is 9.59 Å². The number of nitrogens with one attached hydrogen (secondary N) is 3. The molecule has 234 valence electrons. The molecule has 2 aromatic rings. The zero-order valence-corrected chi connectivity index (χ0v) is 25.3. The molecule has 0 spiro atoms. The van der Waals surface area contributed by atoms with Crippen molar-refractivity contribution in [3.05, 3.63) is 71.8 Å². The lowest BCUT2D eigenvalue weighted by Gasteiger charge is -2.26. The first-order valence-corrected chi connectivity index (χ1v) is 14.7. The van der Waals surface area contributed by atoms with E-state index in [0.717, 1.165) is 11.1 Å². The van der Waals surface area contributed by atoms with Crippen LogP contribution in [0.5, 0.6) is 0 Å². The van der Waals surface area contributed by atoms with Crippen molar-refractivity contribution in [2.24, 2.45) is 11.8 Å². The number of aliphatic hydroxyl groups excluding tert-OH is 1. The average Bonchev–Trinajstić information content (AvgIpc) is 3.34. The summed E-state index contributed by atoms with van der Waals surface area (Å²) in [4.78, 5) is 53.1. The highest BCUT2D eigenvalue weighted by Crippen LogP contribution is 2.16. The second-order valence-electron chi connectivity index (χ2n) is 11.7. The summed E-state index contributed by atoms with van der Waals surface area (Å²) >= 11 is 0. The number of amides is 4. The van der Waals surface area contributed by atoms with E-state index in [2.05, 4.69) is 16.0 Å². The van der Waals surface area contributed by atoms with Crippen molar-refractivity contribution in [3.63, 3.8) is 0 Å². The first-order valence-electron chi connectivity index (χ1n) is 14.7. The fourth-order valence-corrected chi connectivity index (χ4v) is 4.82. The third kappa shape index (κ3) is 11.2. The summed E-state index contributed by atoms with van der Waals surface area (Å²) in [7, 11) is 0. The SMILES string of the molecule is CC(C)C[C@H](NC(=O)OCc1ccccc1)C(=O)N[C@@H]1CN(C(=O)[C@H](CC(C)C)NC(=O)OCc2ccccc2)C[C@H]1O. The molecule has 4 N–H and O–H groups in total. The van der Waals surface area contributed by atoms with Crippen LogP contribution in [0.4, 0.5) is 9.59 Å². The summed E-state index contributed by atoms with van der Waals surface area (Å²) < 4.78 is 10.6. The Hall–Kier alpha value is -4.12. The lowest BCUT2D eigenvalue weighted by Crippen LogP contribution is -2.53. The maximum atomic E-state index is 13.4. The molecule has 1 aliphatic heterocycles. The highest BCUT2D eigenvalue weighted by molar-refractivity contribution is 5.87. The quantitative estimate of drug-likeness (QED) is 0.277. The van der Waals surface area contributed by atoms with Crippen LogP contribution in [0, 0.1) is 11.8 Å². The summed E-state index contributed by atoms with van der Waals surface area (Å²) in [5, 5.41) is 18.8. The smallest absolute Gasteiger partial charge is 0.408 e. The van der Waals surface area contributed by atoms with Gasteiger partial charge in [-0.15, -0.1) is 0 Å². The van der Waals surface area contributed by atoms with Crippen molar-refractivity contribution in [1.29, 1.82) is 0 Å². The fourth-order valence-electron chi connectivity index (χ4n) is 4.82. The van der Waals surface area contributed by atoms with Gasteiger partial charge < -0.3 is 35.4 Å². The van der Waals surface area contributed by atoms with E-state index in [1.54, 1.807) is 0 Å². The number of ether oxygens (including phenoxy) is 2. The summed E-state index contributed by atoms with van der Waals surface area (Å²) in [6.07, 6.45) is -1.75. The van der Waals surface area contributed by atoms with Crippen molar-refractivity contribution in [2.45, 2.75) is 78.0 Å². The van der Waals surface area contributed by atoms with Gasteiger partial charge in [0.25, 0.3) is 0 Å². The Morgan fingerprint density at radius 3 is 1.72 bits per heavy atom. The van der Waals surface area contributed by atoms with Gasteiger partial charge in [-0.1, -0.05) is 88.4 Å². The minimum Gasteiger partial charge on any atom is -0.445 e. The van der Waals surface area contributed by atoms with Gasteiger partial charge in [0.1, 0.15) is 25.3 Å². The van der Waals surface area contributed by atoms with Crippen LogP contribution >= 0.6 is 0 Å². The predicted octanol–water partition coefficient (Wildman–Crippen LogP) is 3.36. The number of hydrogen-bond donors (Lipinski definition) is 4. The molecule has 0 radical (unpaired) electrons. The number of hydrogen-bond acceptors (Lipinski definition) is 7. The summed E-state index contributed by atoms with van der Waals surface area (Å²) in [5.41, 5.74) is 1.64. The third-order valence-electron chi connectivity index (χ3n) is 6.97. The summed E-state index contributed by atoms with van der Waals surface area (Å²) in [6, 6.07) is 15.9. The molecule has 1 heterocycles. The maximum Gasteiger partial charge on any atom is 0.408 e. The molecule has 2 aromatic carbocycles. The first kappa shape index (κ1) is 33.4. The van der Waals surface area contributed by atoms with Gasteiger partial charge in [0.15, 0.2) is 0 Å². The number of rotatable bonds is 13. The van der Waals surface area contributed by atoms with Crippen LogP contribution in [-0.2, 0) is 32.3 Å². The molecule has 1 fully saturated rings. The Kier molecular flexibility index (Phi) is 12.8. The van der Waals surface area contributed by atoms with Crippen LogP contribution in [0.15, 0.2) is 60.7 Å². The number of β-amino-alcohol motifs (C(OH)–C–C–N with tert-alkyl or cyclic N) is 1. The highest BCUT2D eigenvalue weighted by atomic mass is 16.6. The van der Waals surface area contributed by atoms with E-state index in [9.17, 15) is 24.3 Å². The molecule has 4 amide bonds. The topological polar surface area (TPSA) is 146 Å². The number of carbonyl (C=O) groups is 4. The van der Waals surface area contributed by atoms with E-state index in [4.69, 9.17) is 9.47 Å². The predicted molar refractivity (Wildman–Crippen MR) is 161 cm³/mol. The molecular formula is C32H44N4O7. The Labute approximate surface area is 253 Å². The van der Waals surface area contributed by atoms with Crippen molar-refractivity contribution in [2.75, 3.05) is 13.1 Å². The van der Waals surface area contributed by atoms with Gasteiger partial charge in [-0.05, 0) is 35.8 Å². The summed E-state index contributed by atoms with van der Waals surface area (Å²) in [5.74, 6) is -0.676. The molecule has 1 saturated heterocycles. The Bertz CT molecular complexity index is 1190. The van der Waals surface area contributed by atoms with Crippen molar-refractivity contribution >= 4 is 24.0 Å². The molecule has 43 heavy (non-hydrogen) atoms. The summed E-state index contributed by atoms with van der Waals surface area (Å²) in [6.45, 7) is 7.89. The third-order valence-corrected chi connectivity index (χ3v) is 6.97. The largest absolute Gasteiger partial charge is 0.445 e. The molecule has 0 bridgehead atoms. The zero-order chi connectivity index (χ0) is 31.4. The van der Waals surface area contributed by atoms with E-state index < -0.39 is 42.3 Å². The second kappa shape index (κ2) is 16.5. The molecule has 11 heteroatoms. The molecule has 3 rings (SSSR count). The zero-order valence-electron chi connectivity index (χ0n) is 25.3. The number of alkyl carbamates (subject to hydrolysis) is 2. The highest BCUT2D eigenvalue weighted by Gasteiger charge is 2.39. The van der Waals surface area contributed by atoms with Crippen molar-refractivity contribution < 1.29 is 33.8 Å². The fraction of sp³-hybridized carbons (Fsp3) is 0.500.